The highest BCUT2D eigenvalue weighted by atomic mass is 19.3. The molecule has 0 atom stereocenters. The number of Topliss-reactive ketones (excluding diaryl/α,β-unsaturated/α-hetero) is 1. The van der Waals surface area contributed by atoms with Gasteiger partial charge < -0.3 is 14.4 Å². The van der Waals surface area contributed by atoms with E-state index in [4.69, 9.17) is 4.74 Å². The van der Waals surface area contributed by atoms with Crippen LogP contribution in [0.4, 0.5) is 35.1 Å². The number of alkyl halides is 8. The van der Waals surface area contributed by atoms with E-state index in [2.05, 4.69) is 14.2 Å². The van der Waals surface area contributed by atoms with Crippen molar-refractivity contribution in [2.45, 2.75) is 51.1 Å². The number of carbonyl (C=O) groups excluding carboxylic acids is 2. The number of amides is 1. The van der Waals surface area contributed by atoms with Crippen molar-refractivity contribution in [3.63, 3.8) is 0 Å². The molecule has 0 saturated carbocycles. The predicted octanol–water partition coefficient (Wildman–Crippen LogP) is 3.27. The van der Waals surface area contributed by atoms with E-state index in [1.807, 2.05) is 0 Å². The number of likely N-dealkylation sites (N-methyl/N-ethyl adjacent to an activating group) is 1. The van der Waals surface area contributed by atoms with Crippen molar-refractivity contribution in [3.8, 4) is 0 Å². The lowest BCUT2D eigenvalue weighted by Gasteiger charge is -2.31. The monoisotopic (exact) mass is 477 g/mol. The van der Waals surface area contributed by atoms with Crippen molar-refractivity contribution in [1.82, 2.24) is 4.90 Å². The van der Waals surface area contributed by atoms with Gasteiger partial charge in [0.05, 0.1) is 13.2 Å². The highest BCUT2D eigenvalue weighted by Crippen LogP contribution is 2.44. The summed E-state index contributed by atoms with van der Waals surface area (Å²) in [4.78, 5) is 23.1. The molecule has 0 spiro atoms. The molecule has 0 unspecified atom stereocenters. The molecule has 0 aromatic heterocycles. The lowest BCUT2D eigenvalue weighted by Crippen LogP contribution is -2.56. The Morgan fingerprint density at radius 3 is 1.71 bits per heavy atom. The highest BCUT2D eigenvalue weighted by Gasteiger charge is 2.69. The molecule has 0 bridgehead atoms. The molecule has 0 heterocycles. The van der Waals surface area contributed by atoms with Gasteiger partial charge in [-0.2, -0.15) is 35.1 Å². The van der Waals surface area contributed by atoms with Crippen molar-refractivity contribution in [2.24, 2.45) is 0 Å². The number of ether oxygens (including phenoxy) is 4. The third-order valence-corrected chi connectivity index (χ3v) is 3.60. The molecule has 31 heavy (non-hydrogen) atoms. The first-order valence-corrected chi connectivity index (χ1v) is 8.88. The number of methoxy groups -OCH3 is 1. The Morgan fingerprint density at radius 1 is 0.774 bits per heavy atom. The lowest BCUT2D eigenvalue weighted by molar-refractivity contribution is -0.500. The summed E-state index contributed by atoms with van der Waals surface area (Å²) in [5, 5.41) is 0. The number of carbonyl (C=O) groups is 2. The second-order valence-corrected chi connectivity index (χ2v) is 5.88. The number of rotatable bonds is 16. The predicted molar refractivity (Wildman–Crippen MR) is 86.8 cm³/mol. The molecular formula is C16H23F8NO6. The Labute approximate surface area is 172 Å². The highest BCUT2D eigenvalue weighted by molar-refractivity contribution is 5.84. The first kappa shape index (κ1) is 29.4. The van der Waals surface area contributed by atoms with Crippen LogP contribution in [0.5, 0.6) is 0 Å². The van der Waals surface area contributed by atoms with Gasteiger partial charge in [-0.3, -0.25) is 9.59 Å². The summed E-state index contributed by atoms with van der Waals surface area (Å²) in [7, 11) is 1.35. The Hall–Kier alpha value is -1.58. The SMILES string of the molecule is CCN(CC)C(=O)C(F)(F)OC(F)(F)C(F)(F)OC(F)(F)C(=O)CCCOCCOC. The molecule has 0 aliphatic heterocycles. The molecule has 1 amide bonds. The average molecular weight is 477 g/mol. The summed E-state index contributed by atoms with van der Waals surface area (Å²) in [5.41, 5.74) is 0. The van der Waals surface area contributed by atoms with Gasteiger partial charge in [0.25, 0.3) is 0 Å². The summed E-state index contributed by atoms with van der Waals surface area (Å²) >= 11 is 0. The maximum Gasteiger partial charge on any atom is 0.453 e. The molecule has 0 aromatic rings. The van der Waals surface area contributed by atoms with Gasteiger partial charge >= 0.3 is 30.3 Å². The minimum Gasteiger partial charge on any atom is -0.382 e. The van der Waals surface area contributed by atoms with Gasteiger partial charge in [-0.05, 0) is 20.3 Å². The fourth-order valence-electron chi connectivity index (χ4n) is 1.96. The van der Waals surface area contributed by atoms with Crippen molar-refractivity contribution >= 4 is 11.7 Å². The van der Waals surface area contributed by atoms with Gasteiger partial charge in [-0.15, -0.1) is 0 Å². The van der Waals surface area contributed by atoms with Gasteiger partial charge in [-0.25, -0.2) is 9.47 Å². The number of hydrogen-bond acceptors (Lipinski definition) is 6. The average Bonchev–Trinajstić information content (AvgIpc) is 2.63. The molecule has 7 nitrogen and oxygen atoms in total. The van der Waals surface area contributed by atoms with Crippen LogP contribution in [-0.4, -0.2) is 81.0 Å². The molecule has 15 heteroatoms. The summed E-state index contributed by atoms with van der Waals surface area (Å²) in [6, 6.07) is 0. The van der Waals surface area contributed by atoms with Crippen molar-refractivity contribution in [3.05, 3.63) is 0 Å². The van der Waals surface area contributed by atoms with E-state index in [-0.39, 0.29) is 24.7 Å². The van der Waals surface area contributed by atoms with Gasteiger partial charge in [0.2, 0.25) is 5.78 Å². The molecule has 0 radical (unpaired) electrons. The zero-order chi connectivity index (χ0) is 24.5. The van der Waals surface area contributed by atoms with Crippen LogP contribution in [0.1, 0.15) is 26.7 Å². The molecule has 0 aliphatic rings. The standard InChI is InChI=1S/C16H23F8NO6/c1-4-25(5-2)12(27)14(19,20)31-16(23,24)15(21,22)30-13(17,18)11(26)7-6-8-29-10-9-28-3/h4-10H2,1-3H3. The molecule has 0 fully saturated rings. The van der Waals surface area contributed by atoms with E-state index in [0.717, 1.165) is 0 Å². The zero-order valence-corrected chi connectivity index (χ0v) is 16.9. The van der Waals surface area contributed by atoms with E-state index >= 15 is 0 Å². The van der Waals surface area contributed by atoms with Gasteiger partial charge in [0.1, 0.15) is 0 Å². The largest absolute Gasteiger partial charge is 0.453 e. The third kappa shape index (κ3) is 8.82. The van der Waals surface area contributed by atoms with Crippen LogP contribution in [-0.2, 0) is 28.5 Å². The van der Waals surface area contributed by atoms with Crippen LogP contribution < -0.4 is 0 Å². The normalized spacial score (nSPS) is 13.4. The second kappa shape index (κ2) is 11.9. The van der Waals surface area contributed by atoms with E-state index < -0.39 is 62.1 Å². The van der Waals surface area contributed by atoms with Crippen molar-refractivity contribution < 1.29 is 63.7 Å². The summed E-state index contributed by atoms with van der Waals surface area (Å²) in [6.45, 7) is 1.48. The molecule has 0 saturated heterocycles. The summed E-state index contributed by atoms with van der Waals surface area (Å²) in [5.74, 6) is -4.73. The van der Waals surface area contributed by atoms with E-state index in [9.17, 15) is 44.7 Å². The Balaban J connectivity index is 5.12. The van der Waals surface area contributed by atoms with E-state index in [1.165, 1.54) is 21.0 Å². The lowest BCUT2D eigenvalue weighted by atomic mass is 10.2. The van der Waals surface area contributed by atoms with Crippen LogP contribution in [0.3, 0.4) is 0 Å². The van der Waals surface area contributed by atoms with Gasteiger partial charge in [-0.1, -0.05) is 0 Å². The van der Waals surface area contributed by atoms with Gasteiger partial charge in [0.15, 0.2) is 0 Å². The molecule has 0 aromatic carbocycles. The van der Waals surface area contributed by atoms with E-state index in [0.29, 0.717) is 0 Å². The Bertz CT molecular complexity index is 586. The fraction of sp³-hybridized carbons (Fsp3) is 0.875. The van der Waals surface area contributed by atoms with E-state index in [1.54, 1.807) is 0 Å². The number of hydrogen-bond donors (Lipinski definition) is 0. The molecule has 0 aliphatic carbocycles. The first-order chi connectivity index (χ1) is 14.1. The summed E-state index contributed by atoms with van der Waals surface area (Å²) in [6.07, 6.45) is -25.3. The number of ketones is 1. The van der Waals surface area contributed by atoms with Crippen LogP contribution in [0, 0.1) is 0 Å². The van der Waals surface area contributed by atoms with Crippen LogP contribution in [0.15, 0.2) is 0 Å². The quantitative estimate of drug-likeness (QED) is 0.251. The molecular weight excluding hydrogens is 454 g/mol. The van der Waals surface area contributed by atoms with Crippen LogP contribution in [0.2, 0.25) is 0 Å². The van der Waals surface area contributed by atoms with Gasteiger partial charge in [0, 0.05) is 33.2 Å². The number of nitrogens with zero attached hydrogens (tertiary/aromatic N) is 1. The van der Waals surface area contributed by atoms with Crippen molar-refractivity contribution in [1.29, 1.82) is 0 Å². The number of halogens is 8. The Morgan fingerprint density at radius 2 is 1.26 bits per heavy atom. The molecule has 184 valence electrons. The summed E-state index contributed by atoms with van der Waals surface area (Å²) < 4.78 is 123. The minimum absolute atomic E-state index is 0.0413. The van der Waals surface area contributed by atoms with Crippen LogP contribution >= 0.6 is 0 Å². The fourth-order valence-corrected chi connectivity index (χ4v) is 1.96. The third-order valence-electron chi connectivity index (χ3n) is 3.60. The first-order valence-electron chi connectivity index (χ1n) is 8.88. The second-order valence-electron chi connectivity index (χ2n) is 5.88. The zero-order valence-electron chi connectivity index (χ0n) is 16.9. The van der Waals surface area contributed by atoms with Crippen LogP contribution in [0.25, 0.3) is 0 Å². The molecule has 0 rings (SSSR count). The topological polar surface area (TPSA) is 74.3 Å². The minimum atomic E-state index is -6.40. The molecule has 0 N–H and O–H groups in total. The smallest absolute Gasteiger partial charge is 0.382 e. The maximum atomic E-state index is 13.6. The maximum absolute atomic E-state index is 13.6. The van der Waals surface area contributed by atoms with Crippen molar-refractivity contribution in [2.75, 3.05) is 40.0 Å². The Kier molecular flexibility index (Phi) is 11.3.